The molecule has 3 heterocycles. The molecule has 0 aliphatic carbocycles. The molecular formula is C21H18F3N5O. The van der Waals surface area contributed by atoms with E-state index in [-0.39, 0.29) is 17.5 Å². The smallest absolute Gasteiger partial charge is 0.337 e. The molecule has 1 atom stereocenters. The summed E-state index contributed by atoms with van der Waals surface area (Å²) in [6.07, 6.45) is 4.63. The van der Waals surface area contributed by atoms with Gasteiger partial charge in [-0.25, -0.2) is 9.97 Å². The van der Waals surface area contributed by atoms with Crippen molar-refractivity contribution in [3.63, 3.8) is 0 Å². The highest BCUT2D eigenvalue weighted by molar-refractivity contribution is 5.92. The van der Waals surface area contributed by atoms with Crippen molar-refractivity contribution in [2.75, 3.05) is 13.1 Å². The van der Waals surface area contributed by atoms with Crippen LogP contribution in [0.25, 0.3) is 11.3 Å². The van der Waals surface area contributed by atoms with Gasteiger partial charge in [-0.2, -0.15) is 13.2 Å². The Kier molecular flexibility index (Phi) is 5.43. The molecule has 1 aliphatic heterocycles. The minimum atomic E-state index is -4.42. The minimum absolute atomic E-state index is 0.0578. The number of carbonyl (C=O) groups excluding carboxylic acids is 1. The molecular weight excluding hydrogens is 395 g/mol. The van der Waals surface area contributed by atoms with Crippen molar-refractivity contribution in [3.8, 4) is 11.3 Å². The monoisotopic (exact) mass is 413 g/mol. The third-order valence-electron chi connectivity index (χ3n) is 5.05. The van der Waals surface area contributed by atoms with Crippen LogP contribution in [0.1, 0.15) is 40.5 Å². The molecule has 154 valence electrons. The lowest BCUT2D eigenvalue weighted by molar-refractivity contribution is -0.137. The maximum atomic E-state index is 13.0. The molecule has 0 saturated carbocycles. The van der Waals surface area contributed by atoms with Crippen LogP contribution in [0.3, 0.4) is 0 Å². The molecule has 30 heavy (non-hydrogen) atoms. The molecule has 1 amide bonds. The molecule has 1 fully saturated rings. The van der Waals surface area contributed by atoms with Gasteiger partial charge in [0.25, 0.3) is 5.91 Å². The third-order valence-corrected chi connectivity index (χ3v) is 5.05. The van der Waals surface area contributed by atoms with E-state index in [2.05, 4.69) is 19.9 Å². The maximum absolute atomic E-state index is 13.0. The summed E-state index contributed by atoms with van der Waals surface area (Å²) in [5.74, 6) is -0.257. The van der Waals surface area contributed by atoms with Gasteiger partial charge < -0.3 is 4.90 Å². The molecule has 4 rings (SSSR count). The lowest BCUT2D eigenvalue weighted by Crippen LogP contribution is -2.39. The molecule has 3 aromatic rings. The van der Waals surface area contributed by atoms with Crippen molar-refractivity contribution >= 4 is 5.91 Å². The first-order valence-electron chi connectivity index (χ1n) is 9.46. The van der Waals surface area contributed by atoms with E-state index < -0.39 is 11.7 Å². The summed E-state index contributed by atoms with van der Waals surface area (Å²) in [5, 5.41) is 0. The van der Waals surface area contributed by atoms with Gasteiger partial charge in [-0.15, -0.1) is 0 Å². The summed E-state index contributed by atoms with van der Waals surface area (Å²) in [5.41, 5.74) is 0.924. The Morgan fingerprint density at radius 1 is 1.10 bits per heavy atom. The highest BCUT2D eigenvalue weighted by atomic mass is 19.4. The van der Waals surface area contributed by atoms with Crippen LogP contribution in [-0.2, 0) is 6.18 Å². The normalized spacial score (nSPS) is 17.0. The maximum Gasteiger partial charge on any atom is 0.416 e. The molecule has 1 saturated heterocycles. The van der Waals surface area contributed by atoms with Gasteiger partial charge in [0.05, 0.1) is 29.3 Å². The number of aromatic nitrogens is 4. The van der Waals surface area contributed by atoms with Gasteiger partial charge in [0.15, 0.2) is 0 Å². The topological polar surface area (TPSA) is 71.9 Å². The average Bonchev–Trinajstić information content (AvgIpc) is 2.79. The Balaban J connectivity index is 1.56. The third kappa shape index (κ3) is 4.29. The van der Waals surface area contributed by atoms with E-state index in [1.807, 2.05) is 0 Å². The molecule has 6 nitrogen and oxygen atoms in total. The molecule has 0 bridgehead atoms. The summed E-state index contributed by atoms with van der Waals surface area (Å²) in [4.78, 5) is 31.1. The molecule has 1 aromatic carbocycles. The van der Waals surface area contributed by atoms with Crippen LogP contribution < -0.4 is 0 Å². The van der Waals surface area contributed by atoms with Gasteiger partial charge in [-0.1, -0.05) is 12.1 Å². The molecule has 1 aliphatic rings. The molecule has 2 aromatic heterocycles. The number of likely N-dealkylation sites (tertiary alicyclic amines) is 1. The molecule has 0 unspecified atom stereocenters. The standard InChI is InChI=1S/C21H18F3N5O/c22-21(23,24)16-5-1-3-14(9-16)17-10-26-11-18(28-17)15-4-2-8-29(13-15)20(30)19-12-25-6-7-27-19/h1,3,5-7,9-12,15H,2,4,8,13H2/t15-/m1/s1. The molecule has 0 radical (unpaired) electrons. The number of halogens is 3. The number of carbonyl (C=O) groups is 1. The zero-order chi connectivity index (χ0) is 21.1. The Hall–Kier alpha value is -3.36. The van der Waals surface area contributed by atoms with Gasteiger partial charge in [0.1, 0.15) is 5.69 Å². The van der Waals surface area contributed by atoms with Crippen LogP contribution >= 0.6 is 0 Å². The molecule has 0 N–H and O–H groups in total. The predicted molar refractivity (Wildman–Crippen MR) is 102 cm³/mol. The first-order valence-corrected chi connectivity index (χ1v) is 9.46. The van der Waals surface area contributed by atoms with Crippen LogP contribution in [0.5, 0.6) is 0 Å². The van der Waals surface area contributed by atoms with Crippen LogP contribution in [0, 0.1) is 0 Å². The van der Waals surface area contributed by atoms with Crippen molar-refractivity contribution in [2.24, 2.45) is 0 Å². The number of alkyl halides is 3. The fraction of sp³-hybridized carbons (Fsp3) is 0.286. The second-order valence-corrected chi connectivity index (χ2v) is 7.09. The zero-order valence-electron chi connectivity index (χ0n) is 15.9. The quantitative estimate of drug-likeness (QED) is 0.650. The number of piperidine rings is 1. The first-order chi connectivity index (χ1) is 14.4. The van der Waals surface area contributed by atoms with Crippen molar-refractivity contribution in [1.29, 1.82) is 0 Å². The largest absolute Gasteiger partial charge is 0.416 e. The van der Waals surface area contributed by atoms with E-state index >= 15 is 0 Å². The predicted octanol–water partition coefficient (Wildman–Crippen LogP) is 3.97. The van der Waals surface area contributed by atoms with Gasteiger partial charge in [0.2, 0.25) is 0 Å². The van der Waals surface area contributed by atoms with E-state index in [0.29, 0.717) is 30.0 Å². The van der Waals surface area contributed by atoms with E-state index in [0.717, 1.165) is 25.0 Å². The summed E-state index contributed by atoms with van der Waals surface area (Å²) in [7, 11) is 0. The number of nitrogens with zero attached hydrogens (tertiary/aromatic N) is 5. The number of hydrogen-bond donors (Lipinski definition) is 0. The molecule has 0 spiro atoms. The number of benzene rings is 1. The highest BCUT2D eigenvalue weighted by Crippen LogP contribution is 2.32. The van der Waals surface area contributed by atoms with Crippen molar-refractivity contribution in [2.45, 2.75) is 24.9 Å². The minimum Gasteiger partial charge on any atom is -0.337 e. The van der Waals surface area contributed by atoms with Crippen molar-refractivity contribution < 1.29 is 18.0 Å². The van der Waals surface area contributed by atoms with Gasteiger partial charge >= 0.3 is 6.18 Å². The van der Waals surface area contributed by atoms with Gasteiger partial charge in [0, 0.05) is 43.2 Å². The zero-order valence-corrected chi connectivity index (χ0v) is 15.9. The number of rotatable bonds is 3. The lowest BCUT2D eigenvalue weighted by atomic mass is 9.94. The fourth-order valence-corrected chi connectivity index (χ4v) is 3.55. The first kappa shape index (κ1) is 19.9. The summed E-state index contributed by atoms with van der Waals surface area (Å²) in [6.45, 7) is 1.04. The average molecular weight is 413 g/mol. The van der Waals surface area contributed by atoms with Crippen LogP contribution in [0.4, 0.5) is 13.2 Å². The van der Waals surface area contributed by atoms with Crippen LogP contribution in [0.15, 0.2) is 55.2 Å². The van der Waals surface area contributed by atoms with Crippen LogP contribution in [0.2, 0.25) is 0 Å². The Morgan fingerprint density at radius 3 is 2.73 bits per heavy atom. The highest BCUT2D eigenvalue weighted by Gasteiger charge is 2.31. The van der Waals surface area contributed by atoms with Gasteiger partial charge in [-0.3, -0.25) is 14.8 Å². The fourth-order valence-electron chi connectivity index (χ4n) is 3.55. The Morgan fingerprint density at radius 2 is 1.97 bits per heavy atom. The lowest BCUT2D eigenvalue weighted by Gasteiger charge is -2.32. The van der Waals surface area contributed by atoms with E-state index in [4.69, 9.17) is 0 Å². The summed E-state index contributed by atoms with van der Waals surface area (Å²) in [6, 6.07) is 5.03. The van der Waals surface area contributed by atoms with E-state index in [9.17, 15) is 18.0 Å². The van der Waals surface area contributed by atoms with Gasteiger partial charge in [-0.05, 0) is 25.0 Å². The SMILES string of the molecule is O=C(c1cnccn1)N1CCC[C@@H](c2cncc(-c3cccc(C(F)(F)F)c3)n2)C1. The van der Waals surface area contributed by atoms with Crippen molar-refractivity contribution in [1.82, 2.24) is 24.8 Å². The summed E-state index contributed by atoms with van der Waals surface area (Å²) < 4.78 is 39.1. The summed E-state index contributed by atoms with van der Waals surface area (Å²) >= 11 is 0. The molecule has 9 heteroatoms. The van der Waals surface area contributed by atoms with Crippen LogP contribution in [-0.4, -0.2) is 43.8 Å². The number of amides is 1. The van der Waals surface area contributed by atoms with E-state index in [1.165, 1.54) is 30.9 Å². The Bertz CT molecular complexity index is 1040. The second kappa shape index (κ2) is 8.17. The number of hydrogen-bond acceptors (Lipinski definition) is 5. The second-order valence-electron chi connectivity index (χ2n) is 7.09. The Labute approximate surface area is 170 Å². The van der Waals surface area contributed by atoms with Crippen molar-refractivity contribution in [3.05, 3.63) is 72.2 Å². The van der Waals surface area contributed by atoms with E-state index in [1.54, 1.807) is 17.2 Å².